The molecule has 1 aromatic carbocycles. The van der Waals surface area contributed by atoms with Gasteiger partial charge in [-0.3, -0.25) is 4.98 Å². The van der Waals surface area contributed by atoms with Crippen LogP contribution in [0.2, 0.25) is 0 Å². The Bertz CT molecular complexity index is 850. The van der Waals surface area contributed by atoms with Crippen LogP contribution >= 0.6 is 0 Å². The summed E-state index contributed by atoms with van der Waals surface area (Å²) in [7, 11) is 0. The first-order valence-corrected chi connectivity index (χ1v) is 8.21. The van der Waals surface area contributed by atoms with E-state index in [1.165, 1.54) is 12.3 Å². The number of rotatable bonds is 6. The van der Waals surface area contributed by atoms with Gasteiger partial charge in [-0.1, -0.05) is 44.2 Å². The zero-order chi connectivity index (χ0) is 18.7. The van der Waals surface area contributed by atoms with Crippen molar-refractivity contribution in [2.45, 2.75) is 38.3 Å². The highest BCUT2D eigenvalue weighted by Crippen LogP contribution is 2.32. The van der Waals surface area contributed by atoms with E-state index in [2.05, 4.69) is 34.4 Å². The average molecular weight is 359 g/mol. The van der Waals surface area contributed by atoms with Gasteiger partial charge in [0.15, 0.2) is 0 Å². The molecule has 0 aliphatic heterocycles. The van der Waals surface area contributed by atoms with Crippen LogP contribution in [0.25, 0.3) is 11.1 Å². The van der Waals surface area contributed by atoms with Gasteiger partial charge in [-0.15, -0.1) is 5.10 Å². The third-order valence-electron chi connectivity index (χ3n) is 4.16. The molecule has 0 spiro atoms. The van der Waals surface area contributed by atoms with Crippen molar-refractivity contribution in [1.82, 2.24) is 25.2 Å². The molecule has 3 rings (SSSR count). The van der Waals surface area contributed by atoms with Gasteiger partial charge in [0.05, 0.1) is 6.54 Å². The molecule has 2 heterocycles. The van der Waals surface area contributed by atoms with Crippen molar-refractivity contribution < 1.29 is 13.9 Å². The van der Waals surface area contributed by atoms with E-state index in [9.17, 15) is 13.9 Å². The van der Waals surface area contributed by atoms with Gasteiger partial charge < -0.3 is 5.11 Å². The second-order valence-corrected chi connectivity index (χ2v) is 6.38. The maximum absolute atomic E-state index is 14.5. The lowest BCUT2D eigenvalue weighted by Crippen LogP contribution is -2.35. The van der Waals surface area contributed by atoms with Gasteiger partial charge in [0.2, 0.25) is 0 Å². The fraction of sp³-hybridized carbons (Fsp3) is 0.333. The Morgan fingerprint density at radius 1 is 1.15 bits per heavy atom. The van der Waals surface area contributed by atoms with E-state index in [-0.39, 0.29) is 0 Å². The molecule has 0 bridgehead atoms. The Morgan fingerprint density at radius 2 is 1.96 bits per heavy atom. The van der Waals surface area contributed by atoms with Crippen LogP contribution in [0.3, 0.4) is 0 Å². The molecule has 0 saturated heterocycles. The van der Waals surface area contributed by atoms with Gasteiger partial charge in [-0.25, -0.2) is 4.68 Å². The molecule has 8 heteroatoms. The topological polar surface area (TPSA) is 76.7 Å². The van der Waals surface area contributed by atoms with Crippen LogP contribution in [0.1, 0.15) is 31.0 Å². The minimum atomic E-state index is -3.52. The van der Waals surface area contributed by atoms with Crippen LogP contribution in [-0.2, 0) is 12.5 Å². The van der Waals surface area contributed by atoms with Crippen LogP contribution in [0.5, 0.6) is 0 Å². The summed E-state index contributed by atoms with van der Waals surface area (Å²) in [5.74, 6) is -3.16. The first kappa shape index (κ1) is 18.1. The van der Waals surface area contributed by atoms with E-state index in [1.54, 1.807) is 6.07 Å². The number of tetrazole rings is 1. The number of alkyl halides is 2. The van der Waals surface area contributed by atoms with Gasteiger partial charge in [0.1, 0.15) is 18.1 Å². The highest BCUT2D eigenvalue weighted by Gasteiger charge is 2.42. The average Bonchev–Trinajstić information content (AvgIpc) is 3.15. The number of aliphatic hydroxyl groups is 1. The first-order valence-electron chi connectivity index (χ1n) is 8.21. The fourth-order valence-corrected chi connectivity index (χ4v) is 2.57. The van der Waals surface area contributed by atoms with E-state index >= 15 is 0 Å². The lowest BCUT2D eigenvalue weighted by molar-refractivity contribution is -0.124. The Labute approximate surface area is 149 Å². The van der Waals surface area contributed by atoms with Gasteiger partial charge in [-0.2, -0.15) is 8.78 Å². The molecule has 136 valence electrons. The number of hydrogen-bond donors (Lipinski definition) is 1. The second-order valence-electron chi connectivity index (χ2n) is 6.38. The summed E-state index contributed by atoms with van der Waals surface area (Å²) in [4.78, 5) is 3.88. The van der Waals surface area contributed by atoms with Crippen LogP contribution in [-0.4, -0.2) is 36.4 Å². The van der Waals surface area contributed by atoms with Crippen molar-refractivity contribution in [3.05, 3.63) is 60.2 Å². The van der Waals surface area contributed by atoms with E-state index in [4.69, 9.17) is 0 Å². The predicted molar refractivity (Wildman–Crippen MR) is 91.5 cm³/mol. The van der Waals surface area contributed by atoms with Crippen LogP contribution in [0, 0.1) is 0 Å². The van der Waals surface area contributed by atoms with Crippen LogP contribution in [0.15, 0.2) is 48.9 Å². The quantitative estimate of drug-likeness (QED) is 0.732. The number of aliphatic hydroxyl groups excluding tert-OH is 1. The van der Waals surface area contributed by atoms with Crippen LogP contribution < -0.4 is 0 Å². The monoisotopic (exact) mass is 359 g/mol. The first-order chi connectivity index (χ1) is 12.4. The highest BCUT2D eigenvalue weighted by atomic mass is 19.3. The second kappa shape index (κ2) is 7.25. The minimum absolute atomic E-state index is 0.368. The highest BCUT2D eigenvalue weighted by molar-refractivity contribution is 5.63. The van der Waals surface area contributed by atoms with Crippen molar-refractivity contribution in [3.63, 3.8) is 0 Å². The van der Waals surface area contributed by atoms with Crippen molar-refractivity contribution in [1.29, 1.82) is 0 Å². The molecule has 0 aliphatic rings. The molecule has 26 heavy (non-hydrogen) atoms. The van der Waals surface area contributed by atoms with E-state index in [0.717, 1.165) is 27.7 Å². The summed E-state index contributed by atoms with van der Waals surface area (Å²) in [5.41, 5.74) is 2.31. The standard InChI is InChI=1S/C18H19F2N5O/c1-12(2)13-4-3-5-14(8-13)15-6-7-16(21-9-15)18(19,20)17(26)10-25-11-22-23-24-25/h3-9,11-12,17,26H,10H2,1-2H3. The number of halogens is 2. The third kappa shape index (κ3) is 3.75. The lowest BCUT2D eigenvalue weighted by atomic mass is 9.98. The number of nitrogens with zero attached hydrogens (tertiary/aromatic N) is 5. The summed E-state index contributed by atoms with van der Waals surface area (Å²) in [6.07, 6.45) is 0.567. The molecule has 0 fully saturated rings. The lowest BCUT2D eigenvalue weighted by Gasteiger charge is -2.21. The third-order valence-corrected chi connectivity index (χ3v) is 4.16. The van der Waals surface area contributed by atoms with E-state index in [0.29, 0.717) is 5.92 Å². The van der Waals surface area contributed by atoms with Crippen molar-refractivity contribution >= 4 is 0 Å². The summed E-state index contributed by atoms with van der Waals surface area (Å²) in [6, 6.07) is 10.7. The molecular formula is C18H19F2N5O. The molecule has 0 aliphatic carbocycles. The normalized spacial score (nSPS) is 13.2. The Balaban J connectivity index is 1.81. The van der Waals surface area contributed by atoms with E-state index < -0.39 is 24.3 Å². The summed E-state index contributed by atoms with van der Waals surface area (Å²) >= 11 is 0. The summed E-state index contributed by atoms with van der Waals surface area (Å²) in [6.45, 7) is 3.75. The van der Waals surface area contributed by atoms with Crippen molar-refractivity contribution in [2.24, 2.45) is 0 Å². The Hall–Kier alpha value is -2.74. The molecule has 0 radical (unpaired) electrons. The maximum atomic E-state index is 14.5. The largest absolute Gasteiger partial charge is 0.384 e. The summed E-state index contributed by atoms with van der Waals surface area (Å²) < 4.78 is 29.9. The van der Waals surface area contributed by atoms with Gasteiger partial charge >= 0.3 is 5.92 Å². The molecule has 0 amide bonds. The molecule has 1 unspecified atom stereocenters. The molecule has 6 nitrogen and oxygen atoms in total. The van der Waals surface area contributed by atoms with E-state index in [1.807, 2.05) is 24.3 Å². The van der Waals surface area contributed by atoms with Gasteiger partial charge in [0, 0.05) is 11.8 Å². The van der Waals surface area contributed by atoms with Crippen molar-refractivity contribution in [2.75, 3.05) is 0 Å². The number of benzene rings is 1. The Morgan fingerprint density at radius 3 is 2.58 bits per heavy atom. The maximum Gasteiger partial charge on any atom is 0.316 e. The SMILES string of the molecule is CC(C)c1cccc(-c2ccc(C(F)(F)C(O)Cn3cnnn3)nc2)c1. The Kier molecular flexibility index (Phi) is 5.03. The molecular weight excluding hydrogens is 340 g/mol. The fourth-order valence-electron chi connectivity index (χ4n) is 2.57. The summed E-state index contributed by atoms with van der Waals surface area (Å²) in [5, 5.41) is 20.1. The van der Waals surface area contributed by atoms with Gasteiger partial charge in [-0.05, 0) is 33.5 Å². The zero-order valence-electron chi connectivity index (χ0n) is 14.4. The molecule has 0 saturated carbocycles. The number of aromatic nitrogens is 5. The molecule has 3 aromatic rings. The molecule has 2 aromatic heterocycles. The minimum Gasteiger partial charge on any atom is -0.384 e. The smallest absolute Gasteiger partial charge is 0.316 e. The van der Waals surface area contributed by atoms with Crippen LogP contribution in [0.4, 0.5) is 8.78 Å². The molecule has 1 atom stereocenters. The van der Waals surface area contributed by atoms with Crippen molar-refractivity contribution in [3.8, 4) is 11.1 Å². The van der Waals surface area contributed by atoms with Gasteiger partial charge in [0.25, 0.3) is 0 Å². The molecule has 1 N–H and O–H groups in total. The zero-order valence-corrected chi connectivity index (χ0v) is 14.4. The number of pyridine rings is 1. The number of hydrogen-bond acceptors (Lipinski definition) is 5. The predicted octanol–water partition coefficient (Wildman–Crippen LogP) is 3.01.